The molecule has 0 radical (unpaired) electrons. The van der Waals surface area contributed by atoms with Gasteiger partial charge in [-0.15, -0.1) is 0 Å². The average Bonchev–Trinajstić information content (AvgIpc) is 2.27. The van der Waals surface area contributed by atoms with Crippen LogP contribution >= 0.6 is 0 Å². The van der Waals surface area contributed by atoms with E-state index in [0.717, 1.165) is 24.6 Å². The second-order valence-corrected chi connectivity index (χ2v) is 6.27. The molecule has 102 valence electrons. The summed E-state index contributed by atoms with van der Waals surface area (Å²) in [6, 6.07) is 4.32. The predicted molar refractivity (Wildman–Crippen MR) is 79.0 cm³/mol. The minimum atomic E-state index is 0.0830. The largest absolute Gasteiger partial charge is 0.373 e. The maximum Gasteiger partial charge on any atom is 0.126 e. The minimum absolute atomic E-state index is 0.0830. The Labute approximate surface area is 111 Å². The van der Waals surface area contributed by atoms with Crippen molar-refractivity contribution in [3.63, 3.8) is 0 Å². The molecule has 0 aromatic carbocycles. The Bertz CT molecular complexity index is 378. The van der Waals surface area contributed by atoms with Gasteiger partial charge in [0.05, 0.1) is 0 Å². The maximum atomic E-state index is 4.63. The lowest BCUT2D eigenvalue weighted by Gasteiger charge is -2.20. The van der Waals surface area contributed by atoms with E-state index >= 15 is 0 Å². The fourth-order valence-corrected chi connectivity index (χ4v) is 1.71. The van der Waals surface area contributed by atoms with E-state index < -0.39 is 0 Å². The maximum absolute atomic E-state index is 4.63. The monoisotopic (exact) mass is 249 g/mol. The molecule has 3 nitrogen and oxygen atoms in total. The summed E-state index contributed by atoms with van der Waals surface area (Å²) in [6.45, 7) is 13.0. The van der Waals surface area contributed by atoms with Crippen molar-refractivity contribution in [2.75, 3.05) is 18.9 Å². The van der Waals surface area contributed by atoms with Crippen molar-refractivity contribution >= 4 is 5.82 Å². The van der Waals surface area contributed by atoms with Crippen LogP contribution in [0.5, 0.6) is 0 Å². The summed E-state index contributed by atoms with van der Waals surface area (Å²) < 4.78 is 0. The number of anilines is 1. The van der Waals surface area contributed by atoms with Crippen LogP contribution in [0.15, 0.2) is 12.1 Å². The molecule has 0 fully saturated rings. The Morgan fingerprint density at radius 2 is 1.89 bits per heavy atom. The first-order valence-corrected chi connectivity index (χ1v) is 6.73. The van der Waals surface area contributed by atoms with Gasteiger partial charge in [0.1, 0.15) is 5.82 Å². The fourth-order valence-electron chi connectivity index (χ4n) is 1.71. The normalized spacial score (nSPS) is 11.9. The van der Waals surface area contributed by atoms with Gasteiger partial charge < -0.3 is 10.6 Å². The summed E-state index contributed by atoms with van der Waals surface area (Å²) in [7, 11) is 1.92. The van der Waals surface area contributed by atoms with Crippen molar-refractivity contribution in [3.05, 3.63) is 23.4 Å². The number of pyridine rings is 1. The lowest BCUT2D eigenvalue weighted by molar-refractivity contribution is 0.547. The molecular weight excluding hydrogens is 222 g/mol. The summed E-state index contributed by atoms with van der Waals surface area (Å²) in [5.41, 5.74) is 2.51. The smallest absolute Gasteiger partial charge is 0.126 e. The van der Waals surface area contributed by atoms with Crippen LogP contribution in [0.3, 0.4) is 0 Å². The van der Waals surface area contributed by atoms with Gasteiger partial charge in [0.15, 0.2) is 0 Å². The zero-order chi connectivity index (χ0) is 13.8. The van der Waals surface area contributed by atoms with Gasteiger partial charge in [-0.2, -0.15) is 0 Å². The highest BCUT2D eigenvalue weighted by molar-refractivity contribution is 5.40. The SMILES string of the molecule is CNc1cc(CNCC(C)C)cc(C(C)(C)C)n1. The van der Waals surface area contributed by atoms with Crippen LogP contribution in [0.2, 0.25) is 0 Å². The molecule has 0 unspecified atom stereocenters. The Hall–Kier alpha value is -1.09. The van der Waals surface area contributed by atoms with E-state index in [9.17, 15) is 0 Å². The predicted octanol–water partition coefficient (Wildman–Crippen LogP) is 3.17. The van der Waals surface area contributed by atoms with Crippen molar-refractivity contribution in [2.24, 2.45) is 5.92 Å². The molecule has 0 saturated heterocycles. The fraction of sp³-hybridized carbons (Fsp3) is 0.667. The first-order valence-electron chi connectivity index (χ1n) is 6.73. The molecule has 1 heterocycles. The van der Waals surface area contributed by atoms with Gasteiger partial charge in [-0.1, -0.05) is 34.6 Å². The first kappa shape index (κ1) is 15.0. The van der Waals surface area contributed by atoms with Crippen molar-refractivity contribution in [1.82, 2.24) is 10.3 Å². The third kappa shape index (κ3) is 4.65. The highest BCUT2D eigenvalue weighted by atomic mass is 15.0. The van der Waals surface area contributed by atoms with Crippen LogP contribution in [0.25, 0.3) is 0 Å². The second-order valence-electron chi connectivity index (χ2n) is 6.27. The minimum Gasteiger partial charge on any atom is -0.373 e. The second kappa shape index (κ2) is 6.19. The molecule has 0 atom stereocenters. The van der Waals surface area contributed by atoms with E-state index in [1.165, 1.54) is 5.56 Å². The van der Waals surface area contributed by atoms with Crippen LogP contribution in [0.4, 0.5) is 5.82 Å². The van der Waals surface area contributed by atoms with Crippen molar-refractivity contribution < 1.29 is 0 Å². The van der Waals surface area contributed by atoms with Gasteiger partial charge in [0.2, 0.25) is 0 Å². The zero-order valence-corrected chi connectivity index (χ0v) is 12.6. The highest BCUT2D eigenvalue weighted by Crippen LogP contribution is 2.23. The Morgan fingerprint density at radius 3 is 2.39 bits per heavy atom. The molecule has 1 aromatic heterocycles. The Kier molecular flexibility index (Phi) is 5.15. The number of hydrogen-bond acceptors (Lipinski definition) is 3. The van der Waals surface area contributed by atoms with Crippen LogP contribution in [-0.4, -0.2) is 18.6 Å². The van der Waals surface area contributed by atoms with Gasteiger partial charge in [0.25, 0.3) is 0 Å². The molecule has 1 rings (SSSR count). The van der Waals surface area contributed by atoms with E-state index in [4.69, 9.17) is 0 Å². The van der Waals surface area contributed by atoms with Crippen molar-refractivity contribution in [1.29, 1.82) is 0 Å². The average molecular weight is 249 g/mol. The molecule has 0 aliphatic carbocycles. The van der Waals surface area contributed by atoms with Gasteiger partial charge in [-0.25, -0.2) is 4.98 Å². The summed E-state index contributed by atoms with van der Waals surface area (Å²) in [6.07, 6.45) is 0. The van der Waals surface area contributed by atoms with Gasteiger partial charge in [0, 0.05) is 24.7 Å². The molecule has 0 aliphatic heterocycles. The standard InChI is InChI=1S/C15H27N3/c1-11(2)9-17-10-12-7-13(15(3,4)5)18-14(8-12)16-6/h7-8,11,17H,9-10H2,1-6H3,(H,16,18). The number of hydrogen-bond donors (Lipinski definition) is 2. The number of rotatable bonds is 5. The molecule has 2 N–H and O–H groups in total. The Morgan fingerprint density at radius 1 is 1.22 bits per heavy atom. The van der Waals surface area contributed by atoms with Crippen LogP contribution in [-0.2, 0) is 12.0 Å². The highest BCUT2D eigenvalue weighted by Gasteiger charge is 2.16. The lowest BCUT2D eigenvalue weighted by Crippen LogP contribution is -2.20. The van der Waals surface area contributed by atoms with E-state index in [1.807, 2.05) is 7.05 Å². The summed E-state index contributed by atoms with van der Waals surface area (Å²) in [5.74, 6) is 1.63. The van der Waals surface area contributed by atoms with Gasteiger partial charge in [-0.05, 0) is 30.2 Å². The topological polar surface area (TPSA) is 37.0 Å². The van der Waals surface area contributed by atoms with E-state index in [0.29, 0.717) is 5.92 Å². The van der Waals surface area contributed by atoms with Crippen molar-refractivity contribution in [3.8, 4) is 0 Å². The third-order valence-electron chi connectivity index (χ3n) is 2.79. The van der Waals surface area contributed by atoms with E-state index in [-0.39, 0.29) is 5.41 Å². The molecule has 0 spiro atoms. The number of aromatic nitrogens is 1. The molecule has 0 saturated carbocycles. The first-order chi connectivity index (χ1) is 8.32. The van der Waals surface area contributed by atoms with E-state index in [2.05, 4.69) is 62.4 Å². The summed E-state index contributed by atoms with van der Waals surface area (Å²) >= 11 is 0. The molecular formula is C15H27N3. The molecule has 0 amide bonds. The Balaban J connectivity index is 2.84. The van der Waals surface area contributed by atoms with Gasteiger partial charge in [-0.3, -0.25) is 0 Å². The van der Waals surface area contributed by atoms with Crippen LogP contribution in [0.1, 0.15) is 45.9 Å². The van der Waals surface area contributed by atoms with Crippen molar-refractivity contribution in [2.45, 2.75) is 46.6 Å². The van der Waals surface area contributed by atoms with Crippen LogP contribution < -0.4 is 10.6 Å². The van der Waals surface area contributed by atoms with Gasteiger partial charge >= 0.3 is 0 Å². The molecule has 1 aromatic rings. The molecule has 3 heteroatoms. The van der Waals surface area contributed by atoms with E-state index in [1.54, 1.807) is 0 Å². The number of nitrogens with one attached hydrogen (secondary N) is 2. The molecule has 0 aliphatic rings. The van der Waals surface area contributed by atoms with Crippen LogP contribution in [0, 0.1) is 5.92 Å². The lowest BCUT2D eigenvalue weighted by atomic mass is 9.90. The number of nitrogens with zero attached hydrogens (tertiary/aromatic N) is 1. The molecule has 0 bridgehead atoms. The summed E-state index contributed by atoms with van der Waals surface area (Å²) in [4.78, 5) is 4.63. The zero-order valence-electron chi connectivity index (χ0n) is 12.6. The third-order valence-corrected chi connectivity index (χ3v) is 2.79. The molecule has 18 heavy (non-hydrogen) atoms. The quantitative estimate of drug-likeness (QED) is 0.841. The summed E-state index contributed by atoms with van der Waals surface area (Å²) in [5, 5.41) is 6.62.